The van der Waals surface area contributed by atoms with Gasteiger partial charge in [0.25, 0.3) is 0 Å². The summed E-state index contributed by atoms with van der Waals surface area (Å²) in [6.45, 7) is 6.58. The minimum Gasteiger partial charge on any atom is -0.339 e. The van der Waals surface area contributed by atoms with Crippen molar-refractivity contribution in [1.29, 1.82) is 0 Å². The molecule has 2 rings (SSSR count). The lowest BCUT2D eigenvalue weighted by Crippen LogP contribution is -2.57. The summed E-state index contributed by atoms with van der Waals surface area (Å²) < 4.78 is 49.5. The van der Waals surface area contributed by atoms with Crippen molar-refractivity contribution in [3.8, 4) is 0 Å². The number of amides is 1. The molecule has 1 amide bonds. The molecular weight excluding hydrogens is 390 g/mol. The first-order valence-corrected chi connectivity index (χ1v) is 11.4. The molecule has 2 N–H and O–H groups in total. The molecule has 0 radical (unpaired) electrons. The molecule has 2 saturated heterocycles. The highest BCUT2D eigenvalue weighted by atomic mass is 35.5. The molecule has 0 spiro atoms. The van der Waals surface area contributed by atoms with Gasteiger partial charge in [-0.3, -0.25) is 4.79 Å². The second kappa shape index (κ2) is 7.67. The minimum atomic E-state index is -3.65. The molecule has 148 valence electrons. The number of piperazine rings is 1. The van der Waals surface area contributed by atoms with Gasteiger partial charge in [-0.25, -0.2) is 16.8 Å². The van der Waals surface area contributed by atoms with Crippen LogP contribution >= 0.6 is 12.4 Å². The molecule has 0 aromatic carbocycles. The molecule has 0 aliphatic carbocycles. The Balaban J connectivity index is 0.00000312. The molecule has 0 aromatic heterocycles. The normalized spacial score (nSPS) is 26.1. The van der Waals surface area contributed by atoms with Crippen LogP contribution in [0, 0.1) is 5.41 Å². The van der Waals surface area contributed by atoms with Crippen molar-refractivity contribution in [1.82, 2.24) is 9.21 Å². The van der Waals surface area contributed by atoms with Crippen LogP contribution in [0.2, 0.25) is 0 Å². The number of nitrogens with zero attached hydrogens (tertiary/aromatic N) is 2. The zero-order chi connectivity index (χ0) is 18.3. The lowest BCUT2D eigenvalue weighted by Gasteiger charge is -2.38. The average molecular weight is 418 g/mol. The zero-order valence-corrected chi connectivity index (χ0v) is 17.3. The maximum absolute atomic E-state index is 12.6. The number of sulfonamides is 1. The third kappa shape index (κ3) is 5.06. The molecule has 2 atom stereocenters. The van der Waals surface area contributed by atoms with Crippen molar-refractivity contribution >= 4 is 38.2 Å². The molecule has 1 unspecified atom stereocenters. The molecule has 0 bridgehead atoms. The third-order valence-corrected chi connectivity index (χ3v) is 9.03. The highest BCUT2D eigenvalue weighted by molar-refractivity contribution is 7.95. The van der Waals surface area contributed by atoms with Gasteiger partial charge in [-0.05, 0) is 11.8 Å². The van der Waals surface area contributed by atoms with Gasteiger partial charge in [-0.2, -0.15) is 4.31 Å². The summed E-state index contributed by atoms with van der Waals surface area (Å²) in [5.41, 5.74) is 5.62. The highest BCUT2D eigenvalue weighted by Crippen LogP contribution is 2.24. The van der Waals surface area contributed by atoms with E-state index in [1.54, 1.807) is 4.90 Å². The maximum Gasteiger partial charge on any atom is 0.240 e. The predicted octanol–water partition coefficient (Wildman–Crippen LogP) is -0.557. The van der Waals surface area contributed by atoms with Crippen molar-refractivity contribution in [3.05, 3.63) is 0 Å². The minimum absolute atomic E-state index is 0. The smallest absolute Gasteiger partial charge is 0.240 e. The number of nitrogens with two attached hydrogens (primary N) is 1. The summed E-state index contributed by atoms with van der Waals surface area (Å²) in [6.07, 6.45) is 0.151. The molecule has 8 nitrogen and oxygen atoms in total. The number of rotatable bonds is 3. The van der Waals surface area contributed by atoms with E-state index in [1.165, 1.54) is 4.31 Å². The van der Waals surface area contributed by atoms with Gasteiger partial charge in [0.2, 0.25) is 15.9 Å². The molecule has 0 aromatic rings. The number of halogens is 1. The van der Waals surface area contributed by atoms with Crippen molar-refractivity contribution in [2.24, 2.45) is 11.1 Å². The van der Waals surface area contributed by atoms with E-state index >= 15 is 0 Å². The van der Waals surface area contributed by atoms with E-state index in [0.717, 1.165) is 0 Å². The number of hydrogen-bond acceptors (Lipinski definition) is 6. The Morgan fingerprint density at radius 2 is 1.68 bits per heavy atom. The monoisotopic (exact) mass is 417 g/mol. The van der Waals surface area contributed by atoms with E-state index in [9.17, 15) is 21.6 Å². The van der Waals surface area contributed by atoms with Crippen LogP contribution in [-0.2, 0) is 24.7 Å². The Bertz CT molecular complexity index is 694. The van der Waals surface area contributed by atoms with Crippen molar-refractivity contribution < 1.29 is 21.6 Å². The second-order valence-corrected chi connectivity index (χ2v) is 12.1. The number of carbonyl (C=O) groups is 1. The van der Waals surface area contributed by atoms with Crippen LogP contribution in [0.15, 0.2) is 0 Å². The molecule has 2 aliphatic rings. The Morgan fingerprint density at radius 1 is 1.16 bits per heavy atom. The van der Waals surface area contributed by atoms with Crippen LogP contribution in [0.3, 0.4) is 0 Å². The fourth-order valence-corrected chi connectivity index (χ4v) is 7.45. The van der Waals surface area contributed by atoms with Gasteiger partial charge in [0, 0.05) is 26.2 Å². The summed E-state index contributed by atoms with van der Waals surface area (Å²) in [7, 11) is -6.90. The van der Waals surface area contributed by atoms with Gasteiger partial charge in [-0.1, -0.05) is 20.8 Å². The highest BCUT2D eigenvalue weighted by Gasteiger charge is 2.42. The van der Waals surface area contributed by atoms with Crippen molar-refractivity contribution in [3.63, 3.8) is 0 Å². The van der Waals surface area contributed by atoms with E-state index in [-0.39, 0.29) is 67.8 Å². The standard InChI is InChI=1S/C14H27N3O5S2.ClH/c1-14(2,3)12(15)13(18)16-5-7-17(8-6-16)24(21,22)11-4-9-23(19,20)10-11;/h11-12H,4-10,15H2,1-3H3;1H/t11?,12-;/m1./s1. The Hall–Kier alpha value is -0.420. The van der Waals surface area contributed by atoms with Crippen LogP contribution in [0.1, 0.15) is 27.2 Å². The van der Waals surface area contributed by atoms with Gasteiger partial charge >= 0.3 is 0 Å². The molecule has 11 heteroatoms. The Labute approximate surface area is 156 Å². The first-order chi connectivity index (χ1) is 10.8. The average Bonchev–Trinajstić information content (AvgIpc) is 2.86. The van der Waals surface area contributed by atoms with Crippen LogP contribution in [0.25, 0.3) is 0 Å². The number of carbonyl (C=O) groups excluding carboxylic acids is 1. The summed E-state index contributed by atoms with van der Waals surface area (Å²) in [5, 5.41) is -0.860. The van der Waals surface area contributed by atoms with E-state index in [2.05, 4.69) is 0 Å². The van der Waals surface area contributed by atoms with Gasteiger partial charge < -0.3 is 10.6 Å². The largest absolute Gasteiger partial charge is 0.339 e. The summed E-state index contributed by atoms with van der Waals surface area (Å²) in [5.74, 6) is -0.554. The van der Waals surface area contributed by atoms with E-state index in [4.69, 9.17) is 5.73 Å². The Morgan fingerprint density at radius 3 is 2.08 bits per heavy atom. The van der Waals surface area contributed by atoms with E-state index in [0.29, 0.717) is 0 Å². The predicted molar refractivity (Wildman–Crippen MR) is 98.8 cm³/mol. The van der Waals surface area contributed by atoms with Crippen molar-refractivity contribution in [2.75, 3.05) is 37.7 Å². The Kier molecular flexibility index (Phi) is 6.94. The molecule has 25 heavy (non-hydrogen) atoms. The number of sulfone groups is 1. The molecule has 2 heterocycles. The van der Waals surface area contributed by atoms with Gasteiger partial charge in [0.15, 0.2) is 9.84 Å². The first kappa shape index (κ1) is 22.6. The first-order valence-electron chi connectivity index (χ1n) is 8.08. The third-order valence-electron chi connectivity index (χ3n) is 4.72. The van der Waals surface area contributed by atoms with Crippen molar-refractivity contribution in [2.45, 2.75) is 38.5 Å². The summed E-state index contributed by atoms with van der Waals surface area (Å²) in [6, 6.07) is -0.638. The van der Waals surface area contributed by atoms with Crippen LogP contribution < -0.4 is 5.73 Å². The number of hydrogen-bond donors (Lipinski definition) is 1. The topological polar surface area (TPSA) is 118 Å². The summed E-state index contributed by atoms with van der Waals surface area (Å²) >= 11 is 0. The zero-order valence-electron chi connectivity index (χ0n) is 14.8. The molecule has 2 aliphatic heterocycles. The van der Waals surface area contributed by atoms with Gasteiger partial charge in [0.05, 0.1) is 22.8 Å². The molecular formula is C14H28ClN3O5S2. The second-order valence-electron chi connectivity index (χ2n) is 7.64. The van der Waals surface area contributed by atoms with E-state index in [1.807, 2.05) is 20.8 Å². The van der Waals surface area contributed by atoms with Crippen LogP contribution in [0.5, 0.6) is 0 Å². The fourth-order valence-electron chi connectivity index (χ4n) is 2.94. The maximum atomic E-state index is 12.6. The SMILES string of the molecule is CC(C)(C)[C@H](N)C(=O)N1CCN(S(=O)(=O)C2CCS(=O)(=O)C2)CC1.Cl. The van der Waals surface area contributed by atoms with Gasteiger partial charge in [0.1, 0.15) is 0 Å². The molecule has 2 fully saturated rings. The van der Waals surface area contributed by atoms with E-state index < -0.39 is 31.2 Å². The molecule has 0 saturated carbocycles. The van der Waals surface area contributed by atoms with Crippen LogP contribution in [-0.4, -0.2) is 80.9 Å². The quantitative estimate of drug-likeness (QED) is 0.657. The lowest BCUT2D eigenvalue weighted by atomic mass is 9.86. The lowest BCUT2D eigenvalue weighted by molar-refractivity contribution is -0.136. The van der Waals surface area contributed by atoms with Gasteiger partial charge in [-0.15, -0.1) is 12.4 Å². The summed E-state index contributed by atoms with van der Waals surface area (Å²) in [4.78, 5) is 14.0. The fraction of sp³-hybridized carbons (Fsp3) is 0.929. The van der Waals surface area contributed by atoms with Crippen LogP contribution in [0.4, 0.5) is 0 Å².